The minimum atomic E-state index is -1.59. The number of carbonyl (C=O) groups is 4. The maximum atomic E-state index is 14.1. The number of ketones is 2. The van der Waals surface area contributed by atoms with Gasteiger partial charge in [-0.05, 0) is 41.5 Å². The number of benzene rings is 4. The fourth-order valence-corrected chi connectivity index (χ4v) is 4.54. The highest BCUT2D eigenvalue weighted by atomic mass is 35.5. The number of fused-ring (bicyclic) bond motifs is 1. The lowest BCUT2D eigenvalue weighted by atomic mass is 9.82. The Labute approximate surface area is 217 Å². The van der Waals surface area contributed by atoms with Gasteiger partial charge in [0.2, 0.25) is 5.78 Å². The molecule has 1 heterocycles. The Balaban J connectivity index is 1.57. The first-order valence-corrected chi connectivity index (χ1v) is 11.9. The standard InChI is InChI=1S/C30H20ClNO5/c31-19-14-16-20(17-15-19)32-29(35)27(34)25(28-23-12-6-7-13-24(23)30(36)37-28)26(33)22-11-5-4-10-21(22)18-8-2-1-3-9-18/h1-17,25,28H,(H,32,35)/t25-,28+/m1/s1. The van der Waals surface area contributed by atoms with Crippen LogP contribution in [0.25, 0.3) is 11.1 Å². The average molecular weight is 510 g/mol. The minimum absolute atomic E-state index is 0.242. The van der Waals surface area contributed by atoms with Crippen LogP contribution in [0, 0.1) is 5.92 Å². The van der Waals surface area contributed by atoms with Crippen molar-refractivity contribution in [3.8, 4) is 11.1 Å². The van der Waals surface area contributed by atoms with Crippen molar-refractivity contribution in [2.45, 2.75) is 6.10 Å². The van der Waals surface area contributed by atoms with E-state index in [-0.39, 0.29) is 11.1 Å². The normalized spacial score (nSPS) is 14.8. The van der Waals surface area contributed by atoms with Crippen LogP contribution in [-0.4, -0.2) is 23.4 Å². The summed E-state index contributed by atoms with van der Waals surface area (Å²) in [5.41, 5.74) is 2.59. The summed E-state index contributed by atoms with van der Waals surface area (Å²) in [7, 11) is 0. The number of rotatable bonds is 7. The summed E-state index contributed by atoms with van der Waals surface area (Å²) in [4.78, 5) is 53.4. The third kappa shape index (κ3) is 4.79. The Bertz CT molecular complexity index is 1510. The molecule has 37 heavy (non-hydrogen) atoms. The maximum Gasteiger partial charge on any atom is 0.339 e. The first-order valence-electron chi connectivity index (χ1n) is 11.5. The molecule has 4 aromatic carbocycles. The van der Waals surface area contributed by atoms with Gasteiger partial charge in [0.05, 0.1) is 5.56 Å². The molecular formula is C30H20ClNO5. The zero-order valence-electron chi connectivity index (χ0n) is 19.4. The van der Waals surface area contributed by atoms with Gasteiger partial charge in [-0.15, -0.1) is 0 Å². The van der Waals surface area contributed by atoms with E-state index in [0.717, 1.165) is 5.56 Å². The molecule has 0 fully saturated rings. The van der Waals surface area contributed by atoms with E-state index in [1.165, 1.54) is 0 Å². The lowest BCUT2D eigenvalue weighted by molar-refractivity contribution is -0.138. The second-order valence-corrected chi connectivity index (χ2v) is 8.93. The number of nitrogens with one attached hydrogen (secondary N) is 1. The summed E-state index contributed by atoms with van der Waals surface area (Å²) in [6.07, 6.45) is -1.25. The molecule has 0 spiro atoms. The molecule has 0 radical (unpaired) electrons. The van der Waals surface area contributed by atoms with E-state index in [0.29, 0.717) is 21.8 Å². The highest BCUT2D eigenvalue weighted by Gasteiger charge is 2.46. The third-order valence-corrected chi connectivity index (χ3v) is 6.44. The molecule has 0 aliphatic carbocycles. The van der Waals surface area contributed by atoms with Crippen molar-refractivity contribution in [1.29, 1.82) is 0 Å². The topological polar surface area (TPSA) is 89.5 Å². The second kappa shape index (κ2) is 10.2. The number of anilines is 1. The first-order chi connectivity index (χ1) is 17.9. The van der Waals surface area contributed by atoms with Crippen LogP contribution in [-0.2, 0) is 14.3 Å². The summed E-state index contributed by atoms with van der Waals surface area (Å²) in [5.74, 6) is -4.88. The highest BCUT2D eigenvalue weighted by Crippen LogP contribution is 2.39. The van der Waals surface area contributed by atoms with Crippen LogP contribution in [0.1, 0.15) is 32.4 Å². The van der Waals surface area contributed by atoms with Gasteiger partial charge in [-0.3, -0.25) is 14.4 Å². The van der Waals surface area contributed by atoms with Gasteiger partial charge in [0.1, 0.15) is 12.0 Å². The molecule has 2 atom stereocenters. The smallest absolute Gasteiger partial charge is 0.339 e. The van der Waals surface area contributed by atoms with E-state index in [9.17, 15) is 19.2 Å². The monoisotopic (exact) mass is 509 g/mol. The van der Waals surface area contributed by atoms with E-state index in [4.69, 9.17) is 16.3 Å². The zero-order valence-corrected chi connectivity index (χ0v) is 20.1. The van der Waals surface area contributed by atoms with Gasteiger partial charge >= 0.3 is 5.97 Å². The summed E-state index contributed by atoms with van der Waals surface area (Å²) in [5, 5.41) is 2.98. The van der Waals surface area contributed by atoms with Crippen LogP contribution in [0.15, 0.2) is 103 Å². The van der Waals surface area contributed by atoms with Gasteiger partial charge in [0.15, 0.2) is 5.78 Å². The van der Waals surface area contributed by atoms with Gasteiger partial charge in [0, 0.05) is 21.8 Å². The predicted octanol–water partition coefficient (Wildman–Crippen LogP) is 5.93. The largest absolute Gasteiger partial charge is 0.453 e. The quantitative estimate of drug-likeness (QED) is 0.144. The lowest BCUT2D eigenvalue weighted by Gasteiger charge is -2.22. The third-order valence-electron chi connectivity index (χ3n) is 6.19. The zero-order chi connectivity index (χ0) is 25.9. The van der Waals surface area contributed by atoms with Gasteiger partial charge in [0.25, 0.3) is 5.91 Å². The SMILES string of the molecule is O=C(Nc1ccc(Cl)cc1)C(=O)[C@@H](C(=O)c1ccccc1-c1ccccc1)[C@H]1OC(=O)c2ccccc21. The summed E-state index contributed by atoms with van der Waals surface area (Å²) >= 11 is 5.91. The number of Topliss-reactive ketones (excluding diaryl/α,β-unsaturated/α-hetero) is 2. The molecule has 5 rings (SSSR count). The number of cyclic esters (lactones) is 1. The Kier molecular flexibility index (Phi) is 6.66. The molecule has 0 aromatic heterocycles. The molecule has 0 unspecified atom stereocenters. The van der Waals surface area contributed by atoms with Crippen molar-refractivity contribution < 1.29 is 23.9 Å². The molecule has 7 heteroatoms. The van der Waals surface area contributed by atoms with Crippen molar-refractivity contribution in [1.82, 2.24) is 0 Å². The van der Waals surface area contributed by atoms with E-state index in [1.54, 1.807) is 72.8 Å². The molecule has 0 saturated carbocycles. The fraction of sp³-hybridized carbons (Fsp3) is 0.0667. The molecule has 0 bridgehead atoms. The van der Waals surface area contributed by atoms with Gasteiger partial charge in [-0.2, -0.15) is 0 Å². The molecule has 4 aromatic rings. The van der Waals surface area contributed by atoms with Crippen molar-refractivity contribution in [3.63, 3.8) is 0 Å². The van der Waals surface area contributed by atoms with Crippen molar-refractivity contribution in [3.05, 3.63) is 125 Å². The average Bonchev–Trinajstić information content (AvgIpc) is 3.26. The van der Waals surface area contributed by atoms with Crippen LogP contribution in [0.5, 0.6) is 0 Å². The highest BCUT2D eigenvalue weighted by molar-refractivity contribution is 6.45. The Morgan fingerprint density at radius 2 is 1.38 bits per heavy atom. The van der Waals surface area contributed by atoms with Crippen molar-refractivity contribution in [2.75, 3.05) is 5.32 Å². The molecule has 0 saturated heterocycles. The van der Waals surface area contributed by atoms with Crippen LogP contribution in [0.4, 0.5) is 5.69 Å². The number of halogens is 1. The Morgan fingerprint density at radius 1 is 0.757 bits per heavy atom. The molecule has 1 N–H and O–H groups in total. The van der Waals surface area contributed by atoms with E-state index in [2.05, 4.69) is 5.32 Å². The first kappa shape index (κ1) is 24.2. The van der Waals surface area contributed by atoms with E-state index in [1.807, 2.05) is 30.3 Å². The molecule has 1 aliphatic rings. The predicted molar refractivity (Wildman–Crippen MR) is 139 cm³/mol. The van der Waals surface area contributed by atoms with E-state index >= 15 is 0 Å². The van der Waals surface area contributed by atoms with Crippen LogP contribution >= 0.6 is 11.6 Å². The summed E-state index contributed by atoms with van der Waals surface area (Å²) in [6, 6.07) is 28.8. The number of hydrogen-bond acceptors (Lipinski definition) is 5. The number of hydrogen-bond donors (Lipinski definition) is 1. The maximum absolute atomic E-state index is 14.1. The number of esters is 1. The molecular weight excluding hydrogens is 490 g/mol. The minimum Gasteiger partial charge on any atom is -0.453 e. The number of carbonyl (C=O) groups excluding carboxylic acids is 4. The fourth-order valence-electron chi connectivity index (χ4n) is 4.42. The van der Waals surface area contributed by atoms with Crippen LogP contribution in [0.3, 0.4) is 0 Å². The van der Waals surface area contributed by atoms with Gasteiger partial charge in [-0.1, -0.05) is 84.4 Å². The molecule has 6 nitrogen and oxygen atoms in total. The van der Waals surface area contributed by atoms with Crippen molar-refractivity contribution in [2.24, 2.45) is 5.92 Å². The molecule has 1 amide bonds. The number of ether oxygens (including phenoxy) is 1. The summed E-state index contributed by atoms with van der Waals surface area (Å²) < 4.78 is 5.54. The van der Waals surface area contributed by atoms with Crippen LogP contribution < -0.4 is 5.32 Å². The van der Waals surface area contributed by atoms with Crippen molar-refractivity contribution >= 4 is 40.7 Å². The second-order valence-electron chi connectivity index (χ2n) is 8.49. The molecule has 182 valence electrons. The number of amides is 1. The lowest BCUT2D eigenvalue weighted by Crippen LogP contribution is -2.38. The Hall–Kier alpha value is -4.55. The Morgan fingerprint density at radius 3 is 2.11 bits per heavy atom. The van der Waals surface area contributed by atoms with Gasteiger partial charge < -0.3 is 10.1 Å². The van der Waals surface area contributed by atoms with Gasteiger partial charge in [-0.25, -0.2) is 4.79 Å². The molecule has 1 aliphatic heterocycles. The van der Waals surface area contributed by atoms with E-state index < -0.39 is 35.5 Å². The van der Waals surface area contributed by atoms with Crippen LogP contribution in [0.2, 0.25) is 5.02 Å². The summed E-state index contributed by atoms with van der Waals surface area (Å²) in [6.45, 7) is 0.